The molecular formula is C34H46O2S2. The maximum Gasteiger partial charge on any atom is 0.219 e. The normalized spacial score (nSPS) is 19.6. The van der Waals surface area contributed by atoms with Gasteiger partial charge in [-0.05, 0) is 67.9 Å². The van der Waals surface area contributed by atoms with E-state index in [4.69, 9.17) is 0 Å². The Bertz CT molecular complexity index is 1270. The highest BCUT2D eigenvalue weighted by atomic mass is 32.2. The second kappa shape index (κ2) is 10.6. The highest BCUT2D eigenvalue weighted by molar-refractivity contribution is 8.06. The van der Waals surface area contributed by atoms with Crippen LogP contribution in [0.5, 0.6) is 0 Å². The molecule has 206 valence electrons. The molecule has 2 aliphatic rings. The fraction of sp³-hybridized carbons (Fsp3) is 0.529. The van der Waals surface area contributed by atoms with Crippen molar-refractivity contribution in [2.45, 2.75) is 101 Å². The monoisotopic (exact) mass is 550 g/mol. The Morgan fingerprint density at radius 2 is 1.42 bits per heavy atom. The van der Waals surface area contributed by atoms with Gasteiger partial charge in [-0.1, -0.05) is 101 Å². The summed E-state index contributed by atoms with van der Waals surface area (Å²) in [4.78, 5) is 18.3. The van der Waals surface area contributed by atoms with Crippen molar-refractivity contribution in [3.05, 3.63) is 78.0 Å². The standard InChI is InChI=1S/C34H46O2S2/c1-31(2,3)19-23-13-21(17-27(37-23)33(7,8)9)15-25-29(35)26(30(25)36)16-22-14-24(20-32(4,5)6)38-28(18-22)34(10,11)12/h13-18H,19-20H2,1-12H3. The van der Waals surface area contributed by atoms with Gasteiger partial charge < -0.3 is 5.11 Å². The van der Waals surface area contributed by atoms with Crippen LogP contribution in [0.3, 0.4) is 0 Å². The van der Waals surface area contributed by atoms with Crippen LogP contribution >= 0.6 is 23.1 Å². The van der Waals surface area contributed by atoms with Gasteiger partial charge in [-0.3, -0.25) is 4.79 Å². The Morgan fingerprint density at radius 1 is 0.816 bits per heavy atom. The van der Waals surface area contributed by atoms with Crippen molar-refractivity contribution >= 4 is 35.0 Å². The van der Waals surface area contributed by atoms with Gasteiger partial charge in [0.1, 0.15) is 0 Å². The third-order valence-corrected chi connectivity index (χ3v) is 9.17. The molecule has 2 nitrogen and oxygen atoms in total. The third-order valence-electron chi connectivity index (χ3n) is 6.22. The Labute approximate surface area is 239 Å². The quantitative estimate of drug-likeness (QED) is 0.277. The molecule has 1 aromatic heterocycles. The SMILES string of the molecule is CC(C)(C)CC1=CC(=CC2=C([O-])C(=Cc3cc(CC(C)(C)C)[s+]c(C(C)(C)C)c3)C2=O)C=C(C(C)(C)C)S1. The zero-order valence-corrected chi connectivity index (χ0v) is 27.1. The number of hydrogen-bond donors (Lipinski definition) is 0. The molecule has 0 atom stereocenters. The van der Waals surface area contributed by atoms with Crippen molar-refractivity contribution in [2.75, 3.05) is 0 Å². The number of rotatable bonds is 4. The number of allylic oxidation sites excluding steroid dienone is 8. The number of carbonyl (C=O) groups excluding carboxylic acids is 1. The Balaban J connectivity index is 2.02. The van der Waals surface area contributed by atoms with E-state index >= 15 is 0 Å². The summed E-state index contributed by atoms with van der Waals surface area (Å²) in [7, 11) is 0. The Morgan fingerprint density at radius 3 is 1.92 bits per heavy atom. The van der Waals surface area contributed by atoms with E-state index in [1.165, 1.54) is 19.6 Å². The zero-order chi connectivity index (χ0) is 28.8. The Hall–Kier alpha value is -1.91. The first-order valence-electron chi connectivity index (χ1n) is 13.6. The fourth-order valence-electron chi connectivity index (χ4n) is 4.31. The lowest BCUT2D eigenvalue weighted by molar-refractivity contribution is -0.300. The lowest BCUT2D eigenvalue weighted by Gasteiger charge is -2.31. The molecule has 1 aliphatic carbocycles. The number of carbonyl (C=O) groups is 1. The largest absolute Gasteiger partial charge is 0.871 e. The molecule has 0 spiro atoms. The molecule has 4 heteroatoms. The van der Waals surface area contributed by atoms with Gasteiger partial charge in [0.05, 0.1) is 0 Å². The second-order valence-corrected chi connectivity index (χ2v) is 17.5. The van der Waals surface area contributed by atoms with E-state index in [9.17, 15) is 9.90 Å². The van der Waals surface area contributed by atoms with Gasteiger partial charge in [0.2, 0.25) is 21.1 Å². The molecule has 0 fully saturated rings. The van der Waals surface area contributed by atoms with E-state index in [-0.39, 0.29) is 33.2 Å². The minimum Gasteiger partial charge on any atom is -0.871 e. The van der Waals surface area contributed by atoms with Crippen LogP contribution in [0.25, 0.3) is 6.08 Å². The molecular weight excluding hydrogens is 505 g/mol. The second-order valence-electron chi connectivity index (χ2n) is 15.2. The van der Waals surface area contributed by atoms with E-state index < -0.39 is 0 Å². The van der Waals surface area contributed by atoms with Crippen molar-refractivity contribution in [3.8, 4) is 0 Å². The third kappa shape index (κ3) is 8.05. The number of hydrogen-bond acceptors (Lipinski definition) is 3. The minimum atomic E-state index is -0.153. The number of ketones is 1. The van der Waals surface area contributed by atoms with Crippen LogP contribution in [-0.2, 0) is 16.6 Å². The molecule has 1 aliphatic heterocycles. The van der Waals surface area contributed by atoms with E-state index in [0.717, 1.165) is 24.0 Å². The van der Waals surface area contributed by atoms with Crippen LogP contribution in [0.15, 0.2) is 62.6 Å². The summed E-state index contributed by atoms with van der Waals surface area (Å²) in [5.74, 6) is -0.307. The molecule has 3 rings (SSSR count). The molecule has 0 N–H and O–H groups in total. The summed E-state index contributed by atoms with van der Waals surface area (Å²) >= 11 is 3.65. The van der Waals surface area contributed by atoms with Gasteiger partial charge in [-0.25, -0.2) is 0 Å². The van der Waals surface area contributed by atoms with Crippen molar-refractivity contribution in [1.29, 1.82) is 0 Å². The average molecular weight is 551 g/mol. The van der Waals surface area contributed by atoms with Crippen LogP contribution < -0.4 is 5.11 Å². The van der Waals surface area contributed by atoms with Gasteiger partial charge in [0.25, 0.3) is 0 Å². The fourth-order valence-corrected chi connectivity index (χ4v) is 7.28. The number of thioether (sulfide) groups is 1. The van der Waals surface area contributed by atoms with Crippen LogP contribution in [0.2, 0.25) is 0 Å². The lowest BCUT2D eigenvalue weighted by Crippen LogP contribution is -2.29. The van der Waals surface area contributed by atoms with Crippen molar-refractivity contribution < 1.29 is 9.90 Å². The first kappa shape index (κ1) is 30.6. The molecule has 0 saturated carbocycles. The first-order valence-corrected chi connectivity index (χ1v) is 15.2. The molecule has 0 saturated heterocycles. The molecule has 1 aromatic rings. The molecule has 0 bridgehead atoms. The molecule has 0 unspecified atom stereocenters. The van der Waals surface area contributed by atoms with Gasteiger partial charge in [0.15, 0.2) is 5.78 Å². The van der Waals surface area contributed by atoms with Crippen LogP contribution in [0.1, 0.15) is 105 Å². The zero-order valence-electron chi connectivity index (χ0n) is 25.5. The molecule has 0 amide bonds. The minimum absolute atomic E-state index is 0.00562. The summed E-state index contributed by atoms with van der Waals surface area (Å²) in [6.45, 7) is 26.7. The van der Waals surface area contributed by atoms with Gasteiger partial charge in [0, 0.05) is 35.1 Å². The smallest absolute Gasteiger partial charge is 0.219 e. The molecule has 0 aromatic carbocycles. The summed E-state index contributed by atoms with van der Waals surface area (Å²) in [5.41, 5.74) is 2.76. The van der Waals surface area contributed by atoms with Crippen LogP contribution in [0.4, 0.5) is 0 Å². The van der Waals surface area contributed by atoms with Crippen molar-refractivity contribution in [3.63, 3.8) is 0 Å². The van der Waals surface area contributed by atoms with Gasteiger partial charge in [-0.15, -0.1) is 0 Å². The first-order chi connectivity index (χ1) is 17.1. The van der Waals surface area contributed by atoms with E-state index in [2.05, 4.69) is 107 Å². The van der Waals surface area contributed by atoms with Crippen LogP contribution in [0, 0.1) is 16.2 Å². The summed E-state index contributed by atoms with van der Waals surface area (Å²) < 4.78 is 0. The summed E-state index contributed by atoms with van der Waals surface area (Å²) in [6, 6.07) is 4.28. The lowest BCUT2D eigenvalue weighted by atomic mass is 9.84. The Kier molecular flexibility index (Phi) is 8.53. The summed E-state index contributed by atoms with van der Waals surface area (Å²) in [6.07, 6.45) is 9.79. The van der Waals surface area contributed by atoms with Gasteiger partial charge in [-0.2, -0.15) is 0 Å². The van der Waals surface area contributed by atoms with Gasteiger partial charge >= 0.3 is 0 Å². The van der Waals surface area contributed by atoms with E-state index in [1.807, 2.05) is 23.1 Å². The predicted octanol–water partition coefficient (Wildman–Crippen LogP) is 9.42. The highest BCUT2D eigenvalue weighted by Gasteiger charge is 2.31. The van der Waals surface area contributed by atoms with Crippen molar-refractivity contribution in [2.24, 2.45) is 16.2 Å². The maximum atomic E-state index is 13.2. The highest BCUT2D eigenvalue weighted by Crippen LogP contribution is 2.47. The van der Waals surface area contributed by atoms with E-state index in [0.29, 0.717) is 11.1 Å². The van der Waals surface area contributed by atoms with E-state index in [1.54, 1.807) is 12.2 Å². The van der Waals surface area contributed by atoms with Crippen LogP contribution in [-0.4, -0.2) is 5.78 Å². The topological polar surface area (TPSA) is 40.1 Å². The molecule has 0 radical (unpaired) electrons. The number of Topliss-reactive ketones (excluding diaryl/α,β-unsaturated/α-hetero) is 1. The molecule has 38 heavy (non-hydrogen) atoms. The average Bonchev–Trinajstić information content (AvgIpc) is 2.71. The predicted molar refractivity (Wildman–Crippen MR) is 166 cm³/mol. The summed E-state index contributed by atoms with van der Waals surface area (Å²) in [5, 5.41) is 13.2. The maximum absolute atomic E-state index is 13.2. The molecule has 2 heterocycles. The van der Waals surface area contributed by atoms with Crippen molar-refractivity contribution in [1.82, 2.24) is 0 Å².